The van der Waals surface area contributed by atoms with Gasteiger partial charge in [-0.15, -0.1) is 0 Å². The van der Waals surface area contributed by atoms with Gasteiger partial charge in [0.2, 0.25) is 0 Å². The highest BCUT2D eigenvalue weighted by molar-refractivity contribution is 5.54. The van der Waals surface area contributed by atoms with Gasteiger partial charge in [0.1, 0.15) is 0 Å². The molecule has 1 aromatic heterocycles. The van der Waals surface area contributed by atoms with Crippen molar-refractivity contribution >= 4 is 5.69 Å². The average molecular weight is 233 g/mol. The van der Waals surface area contributed by atoms with E-state index in [0.29, 0.717) is 12.6 Å². The monoisotopic (exact) mass is 233 g/mol. The predicted molar refractivity (Wildman–Crippen MR) is 72.0 cm³/mol. The second-order valence-corrected chi connectivity index (χ2v) is 5.34. The van der Waals surface area contributed by atoms with Gasteiger partial charge in [0.15, 0.2) is 0 Å². The summed E-state index contributed by atoms with van der Waals surface area (Å²) in [7, 11) is 0. The van der Waals surface area contributed by atoms with Crippen LogP contribution in [0.2, 0.25) is 0 Å². The van der Waals surface area contributed by atoms with Crippen molar-refractivity contribution in [2.24, 2.45) is 11.7 Å². The van der Waals surface area contributed by atoms with Crippen LogP contribution in [0.3, 0.4) is 0 Å². The van der Waals surface area contributed by atoms with Gasteiger partial charge in [-0.1, -0.05) is 6.92 Å². The van der Waals surface area contributed by atoms with Crippen LogP contribution in [-0.4, -0.2) is 11.0 Å². The van der Waals surface area contributed by atoms with Crippen LogP contribution in [0.25, 0.3) is 0 Å². The Morgan fingerprint density at radius 2 is 2.18 bits per heavy atom. The third-order valence-electron chi connectivity index (χ3n) is 3.72. The van der Waals surface area contributed by atoms with E-state index < -0.39 is 0 Å². The molecular weight excluding hydrogens is 210 g/mol. The molecule has 1 saturated carbocycles. The summed E-state index contributed by atoms with van der Waals surface area (Å²) in [6, 6.07) is 2.73. The van der Waals surface area contributed by atoms with E-state index in [1.54, 1.807) is 0 Å². The molecule has 0 aliphatic heterocycles. The first-order valence-electron chi connectivity index (χ1n) is 6.54. The zero-order valence-corrected chi connectivity index (χ0v) is 11.1. The normalized spacial score (nSPS) is 24.0. The Labute approximate surface area is 104 Å². The summed E-state index contributed by atoms with van der Waals surface area (Å²) >= 11 is 0. The van der Waals surface area contributed by atoms with E-state index in [4.69, 9.17) is 5.73 Å². The molecule has 2 unspecified atom stereocenters. The fraction of sp³-hybridized carbons (Fsp3) is 0.643. The molecule has 3 nitrogen and oxygen atoms in total. The Kier molecular flexibility index (Phi) is 3.67. The Morgan fingerprint density at radius 3 is 2.76 bits per heavy atom. The zero-order valence-electron chi connectivity index (χ0n) is 11.1. The number of pyridine rings is 1. The van der Waals surface area contributed by atoms with Crippen molar-refractivity contribution in [1.82, 2.24) is 4.98 Å². The SMILES string of the molecule is Cc1cc(NC2CCC(C)C2)c(CN)c(C)n1. The number of hydrogen-bond donors (Lipinski definition) is 2. The van der Waals surface area contributed by atoms with E-state index in [9.17, 15) is 0 Å². The van der Waals surface area contributed by atoms with E-state index in [0.717, 1.165) is 22.9 Å². The third kappa shape index (κ3) is 2.78. The molecule has 0 radical (unpaired) electrons. The highest BCUT2D eigenvalue weighted by atomic mass is 14.9. The van der Waals surface area contributed by atoms with Crippen molar-refractivity contribution in [2.75, 3.05) is 5.32 Å². The number of nitrogens with zero attached hydrogens (tertiary/aromatic N) is 1. The van der Waals surface area contributed by atoms with Gasteiger partial charge in [0.05, 0.1) is 0 Å². The molecule has 1 aromatic rings. The first kappa shape index (κ1) is 12.4. The Hall–Kier alpha value is -1.09. The molecule has 1 heterocycles. The Morgan fingerprint density at radius 1 is 1.41 bits per heavy atom. The zero-order chi connectivity index (χ0) is 12.4. The summed E-state index contributed by atoms with van der Waals surface area (Å²) in [6.07, 6.45) is 3.87. The molecule has 0 saturated heterocycles. The van der Waals surface area contributed by atoms with Gasteiger partial charge in [0.25, 0.3) is 0 Å². The molecule has 2 rings (SSSR count). The van der Waals surface area contributed by atoms with Crippen LogP contribution in [-0.2, 0) is 6.54 Å². The minimum Gasteiger partial charge on any atom is -0.382 e. The summed E-state index contributed by atoms with van der Waals surface area (Å²) in [5, 5.41) is 3.65. The van der Waals surface area contributed by atoms with Crippen LogP contribution in [0.4, 0.5) is 5.69 Å². The first-order valence-corrected chi connectivity index (χ1v) is 6.54. The fourth-order valence-electron chi connectivity index (χ4n) is 2.80. The Balaban J connectivity index is 2.19. The number of hydrogen-bond acceptors (Lipinski definition) is 3. The molecular formula is C14H23N3. The Bertz CT molecular complexity index is 401. The largest absolute Gasteiger partial charge is 0.382 e. The van der Waals surface area contributed by atoms with Crippen molar-refractivity contribution in [3.8, 4) is 0 Å². The smallest absolute Gasteiger partial charge is 0.0441 e. The lowest BCUT2D eigenvalue weighted by atomic mass is 10.1. The maximum absolute atomic E-state index is 5.82. The van der Waals surface area contributed by atoms with Crippen molar-refractivity contribution in [3.63, 3.8) is 0 Å². The lowest BCUT2D eigenvalue weighted by molar-refractivity contribution is 0.602. The number of anilines is 1. The second kappa shape index (κ2) is 5.05. The molecule has 0 spiro atoms. The van der Waals surface area contributed by atoms with E-state index in [1.807, 2.05) is 13.8 Å². The minimum atomic E-state index is 0.559. The first-order chi connectivity index (χ1) is 8.10. The number of nitrogens with two attached hydrogens (primary N) is 1. The summed E-state index contributed by atoms with van der Waals surface area (Å²) in [4.78, 5) is 4.47. The van der Waals surface area contributed by atoms with E-state index in [-0.39, 0.29) is 0 Å². The molecule has 0 bridgehead atoms. The lowest BCUT2D eigenvalue weighted by Crippen LogP contribution is -2.18. The number of aryl methyl sites for hydroxylation is 2. The summed E-state index contributed by atoms with van der Waals surface area (Å²) in [6.45, 7) is 6.96. The summed E-state index contributed by atoms with van der Waals surface area (Å²) < 4.78 is 0. The predicted octanol–water partition coefficient (Wildman–Crippen LogP) is 2.76. The van der Waals surface area contributed by atoms with Gasteiger partial charge in [-0.3, -0.25) is 4.98 Å². The molecule has 3 heteroatoms. The van der Waals surface area contributed by atoms with Crippen LogP contribution in [0.1, 0.15) is 43.1 Å². The average Bonchev–Trinajstić information content (AvgIpc) is 2.63. The van der Waals surface area contributed by atoms with Crippen molar-refractivity contribution in [3.05, 3.63) is 23.0 Å². The van der Waals surface area contributed by atoms with Gasteiger partial charge in [-0.05, 0) is 45.1 Å². The molecule has 3 N–H and O–H groups in total. The number of nitrogens with one attached hydrogen (secondary N) is 1. The van der Waals surface area contributed by atoms with Gasteiger partial charge in [-0.2, -0.15) is 0 Å². The standard InChI is InChI=1S/C14H23N3/c1-9-4-5-12(6-9)17-14-7-10(2)16-11(3)13(14)8-15/h7,9,12H,4-6,8,15H2,1-3H3,(H,16,17). The van der Waals surface area contributed by atoms with E-state index in [1.165, 1.54) is 24.9 Å². The van der Waals surface area contributed by atoms with Gasteiger partial charge >= 0.3 is 0 Å². The van der Waals surface area contributed by atoms with Crippen LogP contribution in [0.15, 0.2) is 6.07 Å². The molecule has 1 aliphatic carbocycles. The molecule has 2 atom stereocenters. The highest BCUT2D eigenvalue weighted by Gasteiger charge is 2.22. The number of rotatable bonds is 3. The third-order valence-corrected chi connectivity index (χ3v) is 3.72. The van der Waals surface area contributed by atoms with Crippen LogP contribution < -0.4 is 11.1 Å². The summed E-state index contributed by atoms with van der Waals surface area (Å²) in [5.41, 5.74) is 10.3. The van der Waals surface area contributed by atoms with Crippen LogP contribution in [0.5, 0.6) is 0 Å². The van der Waals surface area contributed by atoms with Crippen molar-refractivity contribution in [1.29, 1.82) is 0 Å². The molecule has 17 heavy (non-hydrogen) atoms. The molecule has 1 aliphatic rings. The molecule has 0 amide bonds. The maximum Gasteiger partial charge on any atom is 0.0441 e. The summed E-state index contributed by atoms with van der Waals surface area (Å²) in [5.74, 6) is 0.845. The topological polar surface area (TPSA) is 50.9 Å². The second-order valence-electron chi connectivity index (χ2n) is 5.34. The van der Waals surface area contributed by atoms with Crippen molar-refractivity contribution in [2.45, 2.75) is 52.6 Å². The van der Waals surface area contributed by atoms with Gasteiger partial charge in [0, 0.05) is 35.2 Å². The molecule has 0 aromatic carbocycles. The fourth-order valence-corrected chi connectivity index (χ4v) is 2.80. The number of aromatic nitrogens is 1. The van der Waals surface area contributed by atoms with Crippen LogP contribution >= 0.6 is 0 Å². The van der Waals surface area contributed by atoms with Gasteiger partial charge in [-0.25, -0.2) is 0 Å². The van der Waals surface area contributed by atoms with E-state index >= 15 is 0 Å². The van der Waals surface area contributed by atoms with Crippen molar-refractivity contribution < 1.29 is 0 Å². The quantitative estimate of drug-likeness (QED) is 0.844. The molecule has 1 fully saturated rings. The lowest BCUT2D eigenvalue weighted by Gasteiger charge is -2.18. The minimum absolute atomic E-state index is 0.559. The molecule has 94 valence electrons. The van der Waals surface area contributed by atoms with E-state index in [2.05, 4.69) is 23.3 Å². The maximum atomic E-state index is 5.82. The van der Waals surface area contributed by atoms with Gasteiger partial charge < -0.3 is 11.1 Å². The van der Waals surface area contributed by atoms with Crippen LogP contribution in [0, 0.1) is 19.8 Å². The highest BCUT2D eigenvalue weighted by Crippen LogP contribution is 2.29.